The zero-order valence-electron chi connectivity index (χ0n) is 29.0. The van der Waals surface area contributed by atoms with Gasteiger partial charge in [-0.1, -0.05) is 156 Å². The lowest BCUT2D eigenvalue weighted by Gasteiger charge is -2.31. The van der Waals surface area contributed by atoms with Crippen molar-refractivity contribution in [1.29, 1.82) is 0 Å². The number of halogens is 1. The van der Waals surface area contributed by atoms with Gasteiger partial charge in [0, 0.05) is 17.9 Å². The van der Waals surface area contributed by atoms with Crippen molar-refractivity contribution in [2.24, 2.45) is 5.92 Å². The third kappa shape index (κ3) is 12.0. The molecular weight excluding hydrogens is 570 g/mol. The number of rotatable bonds is 21. The fraction of sp³-hybridized carbons (Fsp3) is 0.861. The van der Waals surface area contributed by atoms with Gasteiger partial charge in [0.25, 0.3) is 0 Å². The molecule has 1 amide bonds. The second kappa shape index (κ2) is 19.2. The molecule has 44 heavy (non-hydrogen) atoms. The van der Waals surface area contributed by atoms with Crippen molar-refractivity contribution >= 4 is 23.2 Å². The number of unbranched alkanes of at least 4 members (excludes halogenated alkanes) is 12. The summed E-state index contributed by atoms with van der Waals surface area (Å²) in [7, 11) is 0. The first-order chi connectivity index (χ1) is 21.1. The molecule has 3 rings (SSSR count). The van der Waals surface area contributed by atoms with Gasteiger partial charge in [0.1, 0.15) is 11.1 Å². The summed E-state index contributed by atoms with van der Waals surface area (Å²) >= 11 is 6.59. The number of aromatic nitrogens is 4. The van der Waals surface area contributed by atoms with E-state index in [1.54, 1.807) is 4.63 Å². The third-order valence-electron chi connectivity index (χ3n) is 9.50. The Morgan fingerprint density at radius 2 is 1.61 bits per heavy atom. The maximum absolute atomic E-state index is 13.1. The van der Waals surface area contributed by atoms with Gasteiger partial charge < -0.3 is 10.1 Å². The number of hydrogen-bond donors (Lipinski definition) is 2. The molecule has 2 aromatic heterocycles. The van der Waals surface area contributed by atoms with Gasteiger partial charge in [-0.3, -0.25) is 9.89 Å². The van der Waals surface area contributed by atoms with Gasteiger partial charge >= 0.3 is 0 Å². The smallest absolute Gasteiger partial charge is 0.249 e. The fourth-order valence-corrected chi connectivity index (χ4v) is 7.08. The second-order valence-corrected chi connectivity index (χ2v) is 15.0. The number of ether oxygens (including phenoxy) is 1. The van der Waals surface area contributed by atoms with Crippen LogP contribution in [-0.4, -0.2) is 44.5 Å². The predicted octanol–water partition coefficient (Wildman–Crippen LogP) is 10.1. The van der Waals surface area contributed by atoms with Crippen molar-refractivity contribution in [1.82, 2.24) is 25.1 Å². The summed E-state index contributed by atoms with van der Waals surface area (Å²) in [6.07, 6.45) is 24.7. The summed E-state index contributed by atoms with van der Waals surface area (Å²) in [6, 6.07) is 0. The van der Waals surface area contributed by atoms with E-state index in [1.165, 1.54) is 103 Å². The molecule has 0 spiro atoms. The summed E-state index contributed by atoms with van der Waals surface area (Å²) in [6.45, 7) is 13.1. The van der Waals surface area contributed by atoms with Gasteiger partial charge in [0.2, 0.25) is 5.91 Å². The number of H-pyrrole nitrogens is 1. The maximum Gasteiger partial charge on any atom is 0.249 e. The van der Waals surface area contributed by atoms with Crippen LogP contribution in [0.2, 0.25) is 5.02 Å². The highest BCUT2D eigenvalue weighted by Crippen LogP contribution is 2.32. The number of nitrogens with zero attached hydrogens (tertiary/aromatic N) is 3. The topological polar surface area (TPSA) is 84.3 Å². The number of carbonyl (C=O) groups excluding carboxylic acids is 1. The molecule has 8 heteroatoms. The summed E-state index contributed by atoms with van der Waals surface area (Å²) in [5.41, 5.74) is 1.42. The number of nitrogens with one attached hydrogen (secondary N) is 2. The summed E-state index contributed by atoms with van der Waals surface area (Å²) in [5.74, 6) is 1.33. The normalized spacial score (nSPS) is 19.0. The molecule has 1 aliphatic carbocycles. The Morgan fingerprint density at radius 3 is 2.18 bits per heavy atom. The highest BCUT2D eigenvalue weighted by molar-refractivity contribution is 6.34. The molecule has 1 saturated carbocycles. The first-order valence-corrected chi connectivity index (χ1v) is 18.6. The summed E-state index contributed by atoms with van der Waals surface area (Å²) in [5, 5.41) is 11.6. The van der Waals surface area contributed by atoms with E-state index in [-0.39, 0.29) is 23.3 Å². The van der Waals surface area contributed by atoms with E-state index < -0.39 is 6.10 Å². The zero-order chi connectivity index (χ0) is 32.0. The van der Waals surface area contributed by atoms with E-state index in [2.05, 4.69) is 48.2 Å². The number of fused-ring (bicyclic) bond motifs is 1. The van der Waals surface area contributed by atoms with Gasteiger partial charge in [-0.25, -0.2) is 4.98 Å². The lowest BCUT2D eigenvalue weighted by Crippen LogP contribution is -2.40. The Balaban J connectivity index is 1.30. The van der Waals surface area contributed by atoms with Crippen molar-refractivity contribution in [2.75, 3.05) is 6.54 Å². The van der Waals surface area contributed by atoms with Crippen molar-refractivity contribution in [3.63, 3.8) is 0 Å². The highest BCUT2D eigenvalue weighted by Gasteiger charge is 2.28. The van der Waals surface area contributed by atoms with E-state index in [0.717, 1.165) is 24.5 Å². The lowest BCUT2D eigenvalue weighted by atomic mass is 9.83. The highest BCUT2D eigenvalue weighted by atomic mass is 35.5. The van der Waals surface area contributed by atoms with E-state index in [0.29, 0.717) is 29.5 Å². The third-order valence-corrected chi connectivity index (χ3v) is 9.86. The van der Waals surface area contributed by atoms with Crippen molar-refractivity contribution in [2.45, 2.75) is 187 Å². The summed E-state index contributed by atoms with van der Waals surface area (Å²) < 4.78 is 8.06. The number of aromatic amines is 1. The SMILES string of the molecule is CCCCCCCCCCCCCCCC1CCCC(OC(CC)C(=O)NCC(C)c2nc3c(Cl)c(C(C)(C)C)[nH]n3n2)C1. The molecule has 0 radical (unpaired) electrons. The first kappa shape index (κ1) is 36.9. The Labute approximate surface area is 273 Å². The van der Waals surface area contributed by atoms with Crippen LogP contribution in [0.25, 0.3) is 5.65 Å². The van der Waals surface area contributed by atoms with Crippen molar-refractivity contribution < 1.29 is 9.53 Å². The van der Waals surface area contributed by atoms with Crippen LogP contribution in [0.15, 0.2) is 0 Å². The molecule has 0 saturated heterocycles. The number of amides is 1. The molecule has 1 fully saturated rings. The Morgan fingerprint density at radius 1 is 1.00 bits per heavy atom. The summed E-state index contributed by atoms with van der Waals surface area (Å²) in [4.78, 5) is 17.8. The average molecular weight is 634 g/mol. The molecule has 0 bridgehead atoms. The van der Waals surface area contributed by atoms with Gasteiger partial charge in [-0.15, -0.1) is 5.10 Å². The van der Waals surface area contributed by atoms with E-state index in [9.17, 15) is 4.79 Å². The zero-order valence-corrected chi connectivity index (χ0v) is 29.7. The monoisotopic (exact) mass is 633 g/mol. The molecule has 4 unspecified atom stereocenters. The van der Waals surface area contributed by atoms with Crippen molar-refractivity contribution in [3.8, 4) is 0 Å². The average Bonchev–Trinajstić information content (AvgIpc) is 3.56. The molecule has 0 aromatic carbocycles. The molecule has 7 nitrogen and oxygen atoms in total. The molecule has 4 atom stereocenters. The largest absolute Gasteiger partial charge is 0.365 e. The van der Waals surface area contributed by atoms with E-state index >= 15 is 0 Å². The predicted molar refractivity (Wildman–Crippen MR) is 184 cm³/mol. The van der Waals surface area contributed by atoms with Gasteiger partial charge in [0.15, 0.2) is 11.5 Å². The van der Waals surface area contributed by atoms with Crippen LogP contribution in [0.5, 0.6) is 0 Å². The van der Waals surface area contributed by atoms with Gasteiger partial charge in [-0.2, -0.15) is 4.63 Å². The molecule has 1 aliphatic rings. The minimum atomic E-state index is -0.407. The van der Waals surface area contributed by atoms with E-state index in [4.69, 9.17) is 16.3 Å². The maximum atomic E-state index is 13.1. The minimum absolute atomic E-state index is 0.0317. The van der Waals surface area contributed by atoms with Crippen LogP contribution >= 0.6 is 11.6 Å². The second-order valence-electron chi connectivity index (χ2n) is 14.6. The quantitative estimate of drug-likeness (QED) is 0.134. The van der Waals surface area contributed by atoms with E-state index in [1.807, 2.05) is 13.8 Å². The molecule has 2 N–H and O–H groups in total. The minimum Gasteiger partial charge on any atom is -0.365 e. The van der Waals surface area contributed by atoms with Crippen LogP contribution in [0.1, 0.15) is 181 Å². The van der Waals surface area contributed by atoms with Crippen LogP contribution in [-0.2, 0) is 14.9 Å². The standard InChI is InChI=1S/C36H64ClN5O2/c1-7-9-10-11-12-13-14-15-16-17-18-19-20-22-28-23-21-24-29(25-28)44-30(8-2)35(43)38-26-27(3)33-39-34-31(37)32(36(4,5)6)40-42(34)41-33/h27-30,40H,7-26H2,1-6H3,(H,38,43). The first-order valence-electron chi connectivity index (χ1n) is 18.2. The van der Waals surface area contributed by atoms with Crippen molar-refractivity contribution in [3.05, 3.63) is 16.5 Å². The molecular formula is C36H64ClN5O2. The molecule has 0 aliphatic heterocycles. The lowest BCUT2D eigenvalue weighted by molar-refractivity contribution is -0.139. The Hall–Kier alpha value is -1.60. The van der Waals surface area contributed by atoms with Crippen LogP contribution in [0, 0.1) is 5.92 Å². The Kier molecular flexibility index (Phi) is 16.0. The van der Waals surface area contributed by atoms with Crippen LogP contribution in [0.4, 0.5) is 0 Å². The molecule has 2 aromatic rings. The van der Waals surface area contributed by atoms with Gasteiger partial charge in [-0.05, 0) is 25.2 Å². The van der Waals surface area contributed by atoms with Crippen LogP contribution < -0.4 is 5.32 Å². The molecule has 252 valence electrons. The number of carbonyl (C=O) groups is 1. The fourth-order valence-electron chi connectivity index (χ4n) is 6.63. The Bertz CT molecular complexity index is 1090. The number of hydrogen-bond acceptors (Lipinski definition) is 4. The van der Waals surface area contributed by atoms with Crippen LogP contribution in [0.3, 0.4) is 0 Å². The molecule has 2 heterocycles. The van der Waals surface area contributed by atoms with Gasteiger partial charge in [0.05, 0.1) is 11.8 Å².